The first-order valence-electron chi connectivity index (χ1n) is 5.85. The number of hydrogen-bond donors (Lipinski definition) is 0. The second kappa shape index (κ2) is 5.37. The van der Waals surface area contributed by atoms with E-state index in [-0.39, 0.29) is 5.38 Å². The molecule has 0 saturated heterocycles. The van der Waals surface area contributed by atoms with Crippen molar-refractivity contribution in [2.45, 2.75) is 25.1 Å². The summed E-state index contributed by atoms with van der Waals surface area (Å²) in [6, 6.07) is 12.3. The van der Waals surface area contributed by atoms with Crippen LogP contribution in [0.15, 0.2) is 36.4 Å². The Hall–Kier alpha value is -1.28. The minimum atomic E-state index is 0.0754. The fraction of sp³-hybridized carbons (Fsp3) is 0.357. The highest BCUT2D eigenvalue weighted by Gasteiger charge is 2.09. The number of rotatable bonds is 4. The minimum Gasteiger partial charge on any atom is -0.272 e. The van der Waals surface area contributed by atoms with E-state index in [2.05, 4.69) is 23.3 Å². The lowest BCUT2D eigenvalue weighted by atomic mass is 10.1. The lowest BCUT2D eigenvalue weighted by Gasteiger charge is -2.09. The van der Waals surface area contributed by atoms with E-state index in [9.17, 15) is 0 Å². The topological polar surface area (TPSA) is 17.8 Å². The summed E-state index contributed by atoms with van der Waals surface area (Å²) in [4.78, 5) is 0. The fourth-order valence-corrected chi connectivity index (χ4v) is 2.26. The van der Waals surface area contributed by atoms with E-state index in [1.807, 2.05) is 36.9 Å². The summed E-state index contributed by atoms with van der Waals surface area (Å²) in [5, 5.41) is 4.41. The molecule has 1 heterocycles. The van der Waals surface area contributed by atoms with Crippen LogP contribution in [0.1, 0.15) is 28.7 Å². The van der Waals surface area contributed by atoms with Crippen LogP contribution in [0.5, 0.6) is 0 Å². The summed E-state index contributed by atoms with van der Waals surface area (Å²) in [5.41, 5.74) is 3.49. The van der Waals surface area contributed by atoms with Crippen molar-refractivity contribution >= 4 is 11.6 Å². The quantitative estimate of drug-likeness (QED) is 0.756. The molecule has 17 heavy (non-hydrogen) atoms. The third-order valence-corrected chi connectivity index (χ3v) is 3.38. The Balaban J connectivity index is 1.97. The lowest BCUT2D eigenvalue weighted by Crippen LogP contribution is -2.00. The first-order valence-corrected chi connectivity index (χ1v) is 6.29. The molecule has 3 heteroatoms. The molecule has 2 rings (SSSR count). The average molecular weight is 249 g/mol. The number of aromatic nitrogens is 2. The van der Waals surface area contributed by atoms with Gasteiger partial charge in [0, 0.05) is 12.7 Å². The van der Waals surface area contributed by atoms with Crippen LogP contribution in [0.4, 0.5) is 0 Å². The highest BCUT2D eigenvalue weighted by Crippen LogP contribution is 2.25. The predicted molar refractivity (Wildman–Crippen MR) is 71.3 cm³/mol. The van der Waals surface area contributed by atoms with Crippen molar-refractivity contribution in [3.05, 3.63) is 53.3 Å². The third kappa shape index (κ3) is 3.10. The molecule has 0 amide bonds. The number of aryl methyl sites for hydroxylation is 3. The van der Waals surface area contributed by atoms with Crippen molar-refractivity contribution < 1.29 is 0 Å². The van der Waals surface area contributed by atoms with Crippen molar-refractivity contribution in [3.8, 4) is 0 Å². The molecule has 1 aromatic heterocycles. The number of alkyl halides is 1. The maximum absolute atomic E-state index is 6.39. The zero-order valence-electron chi connectivity index (χ0n) is 10.2. The summed E-state index contributed by atoms with van der Waals surface area (Å²) in [6.45, 7) is 2.01. The van der Waals surface area contributed by atoms with Gasteiger partial charge in [-0.2, -0.15) is 5.10 Å². The lowest BCUT2D eigenvalue weighted by molar-refractivity contribution is 0.672. The SMILES string of the molecule is Cc1cc(CCC(Cl)c2ccccc2)n(C)n1. The van der Waals surface area contributed by atoms with Crippen molar-refractivity contribution in [1.82, 2.24) is 9.78 Å². The second-order valence-electron chi connectivity index (χ2n) is 4.32. The van der Waals surface area contributed by atoms with Crippen LogP contribution >= 0.6 is 11.6 Å². The number of nitrogens with zero attached hydrogens (tertiary/aromatic N) is 2. The maximum atomic E-state index is 6.39. The van der Waals surface area contributed by atoms with Gasteiger partial charge in [-0.05, 0) is 31.4 Å². The number of benzene rings is 1. The van der Waals surface area contributed by atoms with E-state index in [4.69, 9.17) is 11.6 Å². The molecule has 0 radical (unpaired) electrons. The average Bonchev–Trinajstić information content (AvgIpc) is 2.66. The fourth-order valence-electron chi connectivity index (χ4n) is 2.00. The van der Waals surface area contributed by atoms with Crippen molar-refractivity contribution in [2.24, 2.45) is 7.05 Å². The van der Waals surface area contributed by atoms with Gasteiger partial charge in [0.15, 0.2) is 0 Å². The van der Waals surface area contributed by atoms with Gasteiger partial charge in [0.2, 0.25) is 0 Å². The molecule has 0 aliphatic carbocycles. The molecular formula is C14H17ClN2. The van der Waals surface area contributed by atoms with Gasteiger partial charge in [-0.15, -0.1) is 11.6 Å². The van der Waals surface area contributed by atoms with Gasteiger partial charge < -0.3 is 0 Å². The number of hydrogen-bond acceptors (Lipinski definition) is 1. The van der Waals surface area contributed by atoms with Crippen LogP contribution in [-0.4, -0.2) is 9.78 Å². The Kier molecular flexibility index (Phi) is 3.85. The summed E-state index contributed by atoms with van der Waals surface area (Å²) in [6.07, 6.45) is 1.89. The van der Waals surface area contributed by atoms with Crippen LogP contribution in [0.2, 0.25) is 0 Å². The van der Waals surface area contributed by atoms with Gasteiger partial charge in [0.25, 0.3) is 0 Å². The standard InChI is InChI=1S/C14H17ClN2/c1-11-10-13(17(2)16-11)8-9-14(15)12-6-4-3-5-7-12/h3-7,10,14H,8-9H2,1-2H3. The van der Waals surface area contributed by atoms with Gasteiger partial charge in [-0.3, -0.25) is 4.68 Å². The van der Waals surface area contributed by atoms with E-state index in [1.54, 1.807) is 0 Å². The molecule has 1 aromatic carbocycles. The highest BCUT2D eigenvalue weighted by atomic mass is 35.5. The molecular weight excluding hydrogens is 232 g/mol. The van der Waals surface area contributed by atoms with Crippen LogP contribution < -0.4 is 0 Å². The maximum Gasteiger partial charge on any atom is 0.0596 e. The first kappa shape index (κ1) is 12.2. The molecule has 0 aliphatic heterocycles. The highest BCUT2D eigenvalue weighted by molar-refractivity contribution is 6.20. The minimum absolute atomic E-state index is 0.0754. The predicted octanol–water partition coefficient (Wildman–Crippen LogP) is 3.64. The van der Waals surface area contributed by atoms with Crippen LogP contribution in [0.3, 0.4) is 0 Å². The Morgan fingerprint density at radius 2 is 2.00 bits per heavy atom. The zero-order chi connectivity index (χ0) is 12.3. The van der Waals surface area contributed by atoms with Gasteiger partial charge in [0.1, 0.15) is 0 Å². The molecule has 0 saturated carbocycles. The Morgan fingerprint density at radius 3 is 2.59 bits per heavy atom. The largest absolute Gasteiger partial charge is 0.272 e. The Labute approximate surface area is 107 Å². The van der Waals surface area contributed by atoms with E-state index in [0.29, 0.717) is 0 Å². The summed E-state index contributed by atoms with van der Waals surface area (Å²) in [5.74, 6) is 0. The van der Waals surface area contributed by atoms with Gasteiger partial charge in [-0.25, -0.2) is 0 Å². The van der Waals surface area contributed by atoms with E-state index >= 15 is 0 Å². The molecule has 2 nitrogen and oxygen atoms in total. The van der Waals surface area contributed by atoms with Crippen LogP contribution in [0, 0.1) is 6.92 Å². The van der Waals surface area contributed by atoms with Gasteiger partial charge >= 0.3 is 0 Å². The summed E-state index contributed by atoms with van der Waals surface area (Å²) in [7, 11) is 1.98. The first-order chi connectivity index (χ1) is 8.16. The van der Waals surface area contributed by atoms with Crippen molar-refractivity contribution in [1.29, 1.82) is 0 Å². The molecule has 0 fully saturated rings. The molecule has 0 N–H and O–H groups in total. The van der Waals surface area contributed by atoms with E-state index < -0.39 is 0 Å². The molecule has 0 aliphatic rings. The second-order valence-corrected chi connectivity index (χ2v) is 4.84. The van der Waals surface area contributed by atoms with Gasteiger partial charge in [0.05, 0.1) is 11.1 Å². The summed E-state index contributed by atoms with van der Waals surface area (Å²) >= 11 is 6.39. The van der Waals surface area contributed by atoms with Gasteiger partial charge in [-0.1, -0.05) is 30.3 Å². The molecule has 0 bridgehead atoms. The smallest absolute Gasteiger partial charge is 0.0596 e. The molecule has 0 spiro atoms. The number of halogens is 1. The summed E-state index contributed by atoms with van der Waals surface area (Å²) < 4.78 is 1.93. The van der Waals surface area contributed by atoms with Crippen molar-refractivity contribution in [3.63, 3.8) is 0 Å². The molecule has 2 aromatic rings. The monoisotopic (exact) mass is 248 g/mol. The normalized spacial score (nSPS) is 12.6. The van der Waals surface area contributed by atoms with E-state index in [1.165, 1.54) is 11.3 Å². The third-order valence-electron chi connectivity index (χ3n) is 2.91. The Morgan fingerprint density at radius 1 is 1.29 bits per heavy atom. The molecule has 90 valence electrons. The van der Waals surface area contributed by atoms with Crippen LogP contribution in [0.25, 0.3) is 0 Å². The van der Waals surface area contributed by atoms with Crippen LogP contribution in [-0.2, 0) is 13.5 Å². The molecule has 1 unspecified atom stereocenters. The molecule has 1 atom stereocenters. The van der Waals surface area contributed by atoms with Crippen molar-refractivity contribution in [2.75, 3.05) is 0 Å². The Bertz CT molecular complexity index is 476. The van der Waals surface area contributed by atoms with E-state index in [0.717, 1.165) is 18.5 Å². The zero-order valence-corrected chi connectivity index (χ0v) is 11.0.